The molecule has 20 heavy (non-hydrogen) atoms. The standard InChI is InChI=1S/C15H22FN3O/c1-11(12-4-6-13(16)7-5-12)18-15(20)10-19-8-2-3-14(19)9-17/h4-7,11,14H,2-3,8-10,17H2,1H3,(H,18,20). The summed E-state index contributed by atoms with van der Waals surface area (Å²) in [4.78, 5) is 14.2. The zero-order valence-electron chi connectivity index (χ0n) is 11.8. The molecule has 0 spiro atoms. The predicted molar refractivity (Wildman–Crippen MR) is 76.6 cm³/mol. The van der Waals surface area contributed by atoms with Crippen molar-refractivity contribution in [3.8, 4) is 0 Å². The maximum atomic E-state index is 12.9. The van der Waals surface area contributed by atoms with Gasteiger partial charge in [-0.3, -0.25) is 9.69 Å². The summed E-state index contributed by atoms with van der Waals surface area (Å²) in [5.41, 5.74) is 6.60. The molecular weight excluding hydrogens is 257 g/mol. The zero-order valence-corrected chi connectivity index (χ0v) is 11.8. The normalized spacial score (nSPS) is 20.9. The molecule has 2 rings (SSSR count). The minimum absolute atomic E-state index is 0.0119. The van der Waals surface area contributed by atoms with Gasteiger partial charge in [-0.2, -0.15) is 0 Å². The van der Waals surface area contributed by atoms with E-state index in [2.05, 4.69) is 10.2 Å². The van der Waals surface area contributed by atoms with Gasteiger partial charge in [0, 0.05) is 12.6 Å². The van der Waals surface area contributed by atoms with Crippen molar-refractivity contribution in [1.82, 2.24) is 10.2 Å². The topological polar surface area (TPSA) is 58.4 Å². The van der Waals surface area contributed by atoms with Gasteiger partial charge in [0.2, 0.25) is 5.91 Å². The Balaban J connectivity index is 1.86. The van der Waals surface area contributed by atoms with Gasteiger partial charge in [-0.05, 0) is 44.0 Å². The van der Waals surface area contributed by atoms with Crippen LogP contribution < -0.4 is 11.1 Å². The number of likely N-dealkylation sites (tertiary alicyclic amines) is 1. The molecule has 1 fully saturated rings. The molecule has 110 valence electrons. The number of amides is 1. The van der Waals surface area contributed by atoms with Gasteiger partial charge >= 0.3 is 0 Å². The summed E-state index contributed by atoms with van der Waals surface area (Å²) in [7, 11) is 0. The summed E-state index contributed by atoms with van der Waals surface area (Å²) in [5, 5.41) is 2.94. The Labute approximate surface area is 119 Å². The van der Waals surface area contributed by atoms with Crippen LogP contribution in [0.4, 0.5) is 4.39 Å². The Hall–Kier alpha value is -1.46. The summed E-state index contributed by atoms with van der Waals surface area (Å²) in [6.45, 7) is 3.81. The summed E-state index contributed by atoms with van der Waals surface area (Å²) >= 11 is 0. The molecule has 2 unspecified atom stereocenters. The van der Waals surface area contributed by atoms with Gasteiger partial charge in [0.05, 0.1) is 12.6 Å². The fraction of sp³-hybridized carbons (Fsp3) is 0.533. The number of hydrogen-bond donors (Lipinski definition) is 2. The van der Waals surface area contributed by atoms with Gasteiger partial charge in [0.15, 0.2) is 0 Å². The van der Waals surface area contributed by atoms with E-state index in [0.29, 0.717) is 19.1 Å². The minimum atomic E-state index is -0.268. The first-order valence-electron chi connectivity index (χ1n) is 7.09. The van der Waals surface area contributed by atoms with Gasteiger partial charge in [0.1, 0.15) is 5.82 Å². The van der Waals surface area contributed by atoms with Crippen molar-refractivity contribution in [3.05, 3.63) is 35.6 Å². The zero-order chi connectivity index (χ0) is 14.5. The van der Waals surface area contributed by atoms with Crippen LogP contribution in [0, 0.1) is 5.82 Å². The molecule has 1 aliphatic heterocycles. The van der Waals surface area contributed by atoms with Crippen molar-refractivity contribution in [3.63, 3.8) is 0 Å². The summed E-state index contributed by atoms with van der Waals surface area (Å²) in [5.74, 6) is -0.280. The van der Waals surface area contributed by atoms with Crippen molar-refractivity contribution in [2.75, 3.05) is 19.6 Å². The third-order valence-corrected chi connectivity index (χ3v) is 3.87. The molecular formula is C15H22FN3O. The number of nitrogens with zero attached hydrogens (tertiary/aromatic N) is 1. The Morgan fingerprint density at radius 3 is 2.85 bits per heavy atom. The second kappa shape index (κ2) is 6.81. The molecule has 0 saturated carbocycles. The first-order chi connectivity index (χ1) is 9.60. The lowest BCUT2D eigenvalue weighted by molar-refractivity contribution is -0.123. The quantitative estimate of drug-likeness (QED) is 0.857. The molecule has 1 aromatic carbocycles. The molecule has 0 aliphatic carbocycles. The van der Waals surface area contributed by atoms with Crippen molar-refractivity contribution >= 4 is 5.91 Å². The number of halogens is 1. The molecule has 3 N–H and O–H groups in total. The molecule has 0 bridgehead atoms. The SMILES string of the molecule is CC(NC(=O)CN1CCCC1CN)c1ccc(F)cc1. The van der Waals surface area contributed by atoms with E-state index in [1.54, 1.807) is 12.1 Å². The monoisotopic (exact) mass is 279 g/mol. The Morgan fingerprint density at radius 1 is 1.50 bits per heavy atom. The highest BCUT2D eigenvalue weighted by Crippen LogP contribution is 2.16. The Bertz CT molecular complexity index is 449. The number of nitrogens with two attached hydrogens (primary N) is 1. The van der Waals surface area contributed by atoms with E-state index in [0.717, 1.165) is 24.9 Å². The molecule has 0 aromatic heterocycles. The maximum absolute atomic E-state index is 12.9. The average molecular weight is 279 g/mol. The van der Waals surface area contributed by atoms with Crippen molar-refractivity contribution < 1.29 is 9.18 Å². The molecule has 1 amide bonds. The van der Waals surface area contributed by atoms with E-state index in [-0.39, 0.29) is 17.8 Å². The lowest BCUT2D eigenvalue weighted by Gasteiger charge is -2.23. The number of carbonyl (C=O) groups excluding carboxylic acids is 1. The fourth-order valence-electron chi connectivity index (χ4n) is 2.68. The van der Waals surface area contributed by atoms with Crippen LogP contribution in [-0.4, -0.2) is 36.5 Å². The molecule has 5 heteroatoms. The third-order valence-electron chi connectivity index (χ3n) is 3.87. The summed E-state index contributed by atoms with van der Waals surface area (Å²) in [6.07, 6.45) is 2.17. The van der Waals surface area contributed by atoms with E-state index in [9.17, 15) is 9.18 Å². The highest BCUT2D eigenvalue weighted by Gasteiger charge is 2.25. The Kier molecular flexibility index (Phi) is 5.09. The van der Waals surface area contributed by atoms with Gasteiger partial charge in [-0.25, -0.2) is 4.39 Å². The summed E-state index contributed by atoms with van der Waals surface area (Å²) < 4.78 is 12.9. The molecule has 1 saturated heterocycles. The third kappa shape index (κ3) is 3.77. The number of rotatable bonds is 5. The van der Waals surface area contributed by atoms with E-state index < -0.39 is 0 Å². The van der Waals surface area contributed by atoms with Crippen LogP contribution in [-0.2, 0) is 4.79 Å². The minimum Gasteiger partial charge on any atom is -0.348 e. The second-order valence-electron chi connectivity index (χ2n) is 5.34. The van der Waals surface area contributed by atoms with Crippen LogP contribution in [0.15, 0.2) is 24.3 Å². The van der Waals surface area contributed by atoms with E-state index in [1.165, 1.54) is 12.1 Å². The first-order valence-corrected chi connectivity index (χ1v) is 7.09. The number of benzene rings is 1. The molecule has 2 atom stereocenters. The first kappa shape index (κ1) is 14.9. The Morgan fingerprint density at radius 2 is 2.20 bits per heavy atom. The second-order valence-corrected chi connectivity index (χ2v) is 5.34. The van der Waals surface area contributed by atoms with Crippen LogP contribution in [0.3, 0.4) is 0 Å². The number of carbonyl (C=O) groups is 1. The highest BCUT2D eigenvalue weighted by atomic mass is 19.1. The number of hydrogen-bond acceptors (Lipinski definition) is 3. The lowest BCUT2D eigenvalue weighted by atomic mass is 10.1. The molecule has 1 aliphatic rings. The maximum Gasteiger partial charge on any atom is 0.234 e. The highest BCUT2D eigenvalue weighted by molar-refractivity contribution is 5.78. The van der Waals surface area contributed by atoms with Crippen molar-refractivity contribution in [2.45, 2.75) is 31.8 Å². The van der Waals surface area contributed by atoms with E-state index >= 15 is 0 Å². The van der Waals surface area contributed by atoms with Gasteiger partial charge in [-0.1, -0.05) is 12.1 Å². The predicted octanol–water partition coefficient (Wildman–Crippen LogP) is 1.43. The van der Waals surface area contributed by atoms with E-state index in [1.807, 2.05) is 6.92 Å². The largest absolute Gasteiger partial charge is 0.348 e. The van der Waals surface area contributed by atoms with Crippen LogP contribution in [0.1, 0.15) is 31.4 Å². The van der Waals surface area contributed by atoms with Gasteiger partial charge in [-0.15, -0.1) is 0 Å². The van der Waals surface area contributed by atoms with E-state index in [4.69, 9.17) is 5.73 Å². The smallest absolute Gasteiger partial charge is 0.234 e. The lowest BCUT2D eigenvalue weighted by Crippen LogP contribution is -2.43. The van der Waals surface area contributed by atoms with Crippen LogP contribution in [0.5, 0.6) is 0 Å². The molecule has 4 nitrogen and oxygen atoms in total. The molecule has 1 heterocycles. The number of nitrogens with one attached hydrogen (secondary N) is 1. The van der Waals surface area contributed by atoms with Crippen LogP contribution in [0.2, 0.25) is 0 Å². The average Bonchev–Trinajstić information content (AvgIpc) is 2.86. The van der Waals surface area contributed by atoms with Crippen LogP contribution >= 0.6 is 0 Å². The molecule has 1 aromatic rings. The van der Waals surface area contributed by atoms with Crippen molar-refractivity contribution in [2.24, 2.45) is 5.73 Å². The van der Waals surface area contributed by atoms with Crippen molar-refractivity contribution in [1.29, 1.82) is 0 Å². The fourth-order valence-corrected chi connectivity index (χ4v) is 2.68. The molecule has 0 radical (unpaired) electrons. The van der Waals surface area contributed by atoms with Gasteiger partial charge < -0.3 is 11.1 Å². The summed E-state index contributed by atoms with van der Waals surface area (Å²) in [6, 6.07) is 6.40. The van der Waals surface area contributed by atoms with Gasteiger partial charge in [0.25, 0.3) is 0 Å². The van der Waals surface area contributed by atoms with Crippen LogP contribution in [0.25, 0.3) is 0 Å².